The number of aromatic nitrogens is 2. The minimum absolute atomic E-state index is 0.137. The first-order valence-electron chi connectivity index (χ1n) is 4.72. The molecule has 2 atom stereocenters. The fourth-order valence-electron chi connectivity index (χ4n) is 0.760. The molecule has 1 heterocycles. The van der Waals surface area contributed by atoms with Crippen LogP contribution < -0.4 is 11.4 Å². The predicted octanol–water partition coefficient (Wildman–Crippen LogP) is -2.36. The lowest BCUT2D eigenvalue weighted by Gasteiger charge is -2.11. The van der Waals surface area contributed by atoms with Gasteiger partial charge in [-0.2, -0.15) is 0 Å². The number of aldehydes is 1. The molecule has 0 unspecified atom stereocenters. The molecule has 0 aliphatic rings. The lowest BCUT2D eigenvalue weighted by atomic mass is 10.2. The third-order valence-electron chi connectivity index (χ3n) is 1.67. The van der Waals surface area contributed by atoms with Gasteiger partial charge in [-0.15, -0.1) is 0 Å². The molecule has 0 saturated heterocycles. The molecule has 1 aromatic heterocycles. The van der Waals surface area contributed by atoms with Crippen molar-refractivity contribution in [3.05, 3.63) is 22.7 Å². The molecule has 6 N–H and O–H groups in total. The van der Waals surface area contributed by atoms with Crippen LogP contribution in [0.3, 0.4) is 0 Å². The maximum absolute atomic E-state index is 10.2. The minimum atomic E-state index is -1.20. The van der Waals surface area contributed by atoms with Gasteiger partial charge in [-0.25, -0.2) is 9.78 Å². The molecule has 0 spiro atoms. The molecule has 1 rings (SSSR count). The second kappa shape index (κ2) is 8.39. The van der Waals surface area contributed by atoms with E-state index in [-0.39, 0.29) is 6.42 Å². The number of hydrogen-bond acceptors (Lipinski definition) is 7. The number of rotatable bonds is 4. The molecule has 0 bridgehead atoms. The molecule has 0 aromatic carbocycles. The highest BCUT2D eigenvalue weighted by Gasteiger charge is 2.13. The Labute approximate surface area is 96.7 Å². The zero-order valence-electron chi connectivity index (χ0n) is 8.98. The number of carbonyl (C=O) groups excluding carboxylic acids is 1. The summed E-state index contributed by atoms with van der Waals surface area (Å²) in [5.74, 6) is 0.338. The zero-order valence-corrected chi connectivity index (χ0v) is 8.98. The van der Waals surface area contributed by atoms with Crippen LogP contribution in [0.4, 0.5) is 5.82 Å². The fourth-order valence-corrected chi connectivity index (χ4v) is 0.760. The highest BCUT2D eigenvalue weighted by molar-refractivity contribution is 5.50. The van der Waals surface area contributed by atoms with Crippen molar-refractivity contribution in [2.45, 2.75) is 18.6 Å². The van der Waals surface area contributed by atoms with Gasteiger partial charge < -0.3 is 25.8 Å². The Morgan fingerprint density at radius 3 is 2.47 bits per heavy atom. The molecule has 0 saturated carbocycles. The Bertz CT molecular complexity index is 381. The maximum atomic E-state index is 10.2. The van der Waals surface area contributed by atoms with Crippen molar-refractivity contribution in [3.8, 4) is 0 Å². The summed E-state index contributed by atoms with van der Waals surface area (Å²) in [5.41, 5.74) is 4.75. The van der Waals surface area contributed by atoms with Gasteiger partial charge in [0.1, 0.15) is 18.2 Å². The number of hydrogen-bond donors (Lipinski definition) is 5. The van der Waals surface area contributed by atoms with E-state index in [4.69, 9.17) is 21.1 Å². The largest absolute Gasteiger partial charge is 0.394 e. The molecule has 8 nitrogen and oxygen atoms in total. The summed E-state index contributed by atoms with van der Waals surface area (Å²) in [6.45, 7) is -0.519. The smallest absolute Gasteiger partial charge is 0.346 e. The monoisotopic (exact) mass is 245 g/mol. The first-order chi connectivity index (χ1) is 8.01. The van der Waals surface area contributed by atoms with Crippen molar-refractivity contribution in [2.75, 3.05) is 12.3 Å². The molecular formula is C9H15N3O5. The van der Waals surface area contributed by atoms with Crippen molar-refractivity contribution in [2.24, 2.45) is 0 Å². The van der Waals surface area contributed by atoms with Crippen LogP contribution in [0.5, 0.6) is 0 Å². The van der Waals surface area contributed by atoms with Crippen LogP contribution in [0.2, 0.25) is 0 Å². The van der Waals surface area contributed by atoms with Crippen LogP contribution in [0, 0.1) is 0 Å². The van der Waals surface area contributed by atoms with Crippen LogP contribution in [0.15, 0.2) is 17.1 Å². The van der Waals surface area contributed by atoms with E-state index in [0.29, 0.717) is 12.1 Å². The average Bonchev–Trinajstić information content (AvgIpc) is 2.28. The van der Waals surface area contributed by atoms with Gasteiger partial charge in [-0.1, -0.05) is 0 Å². The van der Waals surface area contributed by atoms with Crippen molar-refractivity contribution in [1.29, 1.82) is 0 Å². The Balaban J connectivity index is 0.000000302. The van der Waals surface area contributed by atoms with Gasteiger partial charge in [-0.3, -0.25) is 4.98 Å². The second-order valence-corrected chi connectivity index (χ2v) is 3.05. The number of nitrogens with zero attached hydrogens (tertiary/aromatic N) is 1. The normalized spacial score (nSPS) is 13.1. The summed E-state index contributed by atoms with van der Waals surface area (Å²) < 4.78 is 0. The zero-order chi connectivity index (χ0) is 13.3. The van der Waals surface area contributed by atoms with E-state index < -0.39 is 24.5 Å². The maximum Gasteiger partial charge on any atom is 0.346 e. The molecule has 0 radical (unpaired) electrons. The number of anilines is 1. The summed E-state index contributed by atoms with van der Waals surface area (Å²) in [6.07, 6.45) is -0.623. The summed E-state index contributed by atoms with van der Waals surface area (Å²) in [6, 6.07) is 1.52. The van der Waals surface area contributed by atoms with Gasteiger partial charge >= 0.3 is 5.69 Å². The first kappa shape index (κ1) is 15.2. The van der Waals surface area contributed by atoms with Gasteiger partial charge in [0.15, 0.2) is 0 Å². The molecule has 0 aliphatic heterocycles. The quantitative estimate of drug-likeness (QED) is 0.372. The van der Waals surface area contributed by atoms with Gasteiger partial charge in [-0.05, 0) is 6.07 Å². The van der Waals surface area contributed by atoms with E-state index >= 15 is 0 Å². The standard InChI is InChI=1S/C5H10O4.C4H5N3O/c6-2-1-4(8)5(9)3-7;5-3-1-2-6-4(8)7-3/h2,4-5,7-9H,1,3H2;1-2H,(H3,5,6,7,8)/t4-,5+;/m0./s1. The lowest BCUT2D eigenvalue weighted by Crippen LogP contribution is -2.29. The van der Waals surface area contributed by atoms with Gasteiger partial charge in [0, 0.05) is 12.6 Å². The lowest BCUT2D eigenvalue weighted by molar-refractivity contribution is -0.111. The van der Waals surface area contributed by atoms with E-state index in [0.717, 1.165) is 0 Å². The summed E-state index contributed by atoms with van der Waals surface area (Å²) in [4.78, 5) is 25.6. The van der Waals surface area contributed by atoms with E-state index in [1.807, 2.05) is 0 Å². The van der Waals surface area contributed by atoms with Gasteiger partial charge in [0.05, 0.1) is 12.7 Å². The number of nitrogen functional groups attached to an aromatic ring is 1. The molecule has 0 amide bonds. The van der Waals surface area contributed by atoms with Crippen molar-refractivity contribution in [3.63, 3.8) is 0 Å². The highest BCUT2D eigenvalue weighted by Crippen LogP contribution is 1.94. The van der Waals surface area contributed by atoms with Gasteiger partial charge in [0.2, 0.25) is 0 Å². The minimum Gasteiger partial charge on any atom is -0.394 e. The van der Waals surface area contributed by atoms with Crippen LogP contribution in [-0.2, 0) is 4.79 Å². The molecule has 17 heavy (non-hydrogen) atoms. The molecule has 96 valence electrons. The van der Waals surface area contributed by atoms with Crippen molar-refractivity contribution in [1.82, 2.24) is 9.97 Å². The van der Waals surface area contributed by atoms with Crippen molar-refractivity contribution >= 4 is 12.1 Å². The number of H-pyrrole nitrogens is 1. The van der Waals surface area contributed by atoms with Gasteiger partial charge in [0.25, 0.3) is 0 Å². The topological polar surface area (TPSA) is 150 Å². The van der Waals surface area contributed by atoms with Crippen molar-refractivity contribution < 1.29 is 20.1 Å². The van der Waals surface area contributed by atoms with E-state index in [1.54, 1.807) is 0 Å². The molecular weight excluding hydrogens is 230 g/mol. The average molecular weight is 245 g/mol. The SMILES string of the molecule is Nc1ccnc(=O)[nH]1.O=CC[C@H](O)[C@H](O)CO. The van der Waals surface area contributed by atoms with Crippen LogP contribution in [0.25, 0.3) is 0 Å². The number of nitrogens with two attached hydrogens (primary N) is 1. The third kappa shape index (κ3) is 7.17. The summed E-state index contributed by atoms with van der Waals surface area (Å²) in [7, 11) is 0. The fraction of sp³-hybridized carbons (Fsp3) is 0.444. The van der Waals surface area contributed by atoms with E-state index in [9.17, 15) is 9.59 Å². The highest BCUT2D eigenvalue weighted by atomic mass is 16.4. The predicted molar refractivity (Wildman–Crippen MR) is 59.1 cm³/mol. The van der Waals surface area contributed by atoms with E-state index in [2.05, 4.69) is 9.97 Å². The van der Waals surface area contributed by atoms with Crippen LogP contribution in [0.1, 0.15) is 6.42 Å². The number of carbonyl (C=O) groups is 1. The molecule has 0 aliphatic carbocycles. The number of aromatic amines is 1. The van der Waals surface area contributed by atoms with E-state index in [1.165, 1.54) is 12.3 Å². The third-order valence-corrected chi connectivity index (χ3v) is 1.67. The summed E-state index contributed by atoms with van der Waals surface area (Å²) in [5, 5.41) is 25.5. The Hall–Kier alpha value is -1.77. The number of aliphatic hydroxyl groups is 3. The second-order valence-electron chi connectivity index (χ2n) is 3.05. The molecule has 1 aromatic rings. The first-order valence-corrected chi connectivity index (χ1v) is 4.72. The Morgan fingerprint density at radius 1 is 1.47 bits per heavy atom. The molecule has 0 fully saturated rings. The van der Waals surface area contributed by atoms with Crippen LogP contribution >= 0.6 is 0 Å². The Kier molecular flexibility index (Phi) is 7.52. The molecule has 8 heteroatoms. The number of nitrogens with one attached hydrogen (secondary N) is 1. The number of aliphatic hydroxyl groups excluding tert-OH is 3. The Morgan fingerprint density at radius 2 is 2.12 bits per heavy atom. The van der Waals surface area contributed by atoms with Crippen LogP contribution in [-0.4, -0.2) is 50.4 Å². The summed E-state index contributed by atoms with van der Waals surface area (Å²) >= 11 is 0.